The molecule has 0 bridgehead atoms. The molecular formula is C10H14N2S. The van der Waals surface area contributed by atoms with Crippen LogP contribution in [0.15, 0.2) is 16.8 Å². The number of rotatable bonds is 4. The van der Waals surface area contributed by atoms with Crippen molar-refractivity contribution >= 4 is 11.3 Å². The first-order valence-electron chi connectivity index (χ1n) is 4.22. The lowest BCUT2D eigenvalue weighted by Crippen LogP contribution is -2.33. The van der Waals surface area contributed by atoms with Crippen LogP contribution >= 0.6 is 11.3 Å². The Morgan fingerprint density at radius 3 is 3.00 bits per heavy atom. The van der Waals surface area contributed by atoms with Crippen LogP contribution in [0.25, 0.3) is 0 Å². The molecule has 0 spiro atoms. The maximum absolute atomic E-state index is 5.64. The topological polar surface area (TPSA) is 38.0 Å². The van der Waals surface area contributed by atoms with Gasteiger partial charge >= 0.3 is 0 Å². The Morgan fingerprint density at radius 1 is 1.77 bits per heavy atom. The molecule has 70 valence electrons. The quantitative estimate of drug-likeness (QED) is 0.710. The predicted octanol–water partition coefficient (Wildman–Crippen LogP) is 1.36. The minimum absolute atomic E-state index is 0.0634. The fraction of sp³-hybridized carbons (Fsp3) is 0.400. The molecule has 3 heteroatoms. The van der Waals surface area contributed by atoms with Gasteiger partial charge in [-0.05, 0) is 29.3 Å². The van der Waals surface area contributed by atoms with Crippen molar-refractivity contribution in [3.63, 3.8) is 0 Å². The number of hydrogen-bond donors (Lipinski definition) is 2. The third-order valence-electron chi connectivity index (χ3n) is 1.88. The largest absolute Gasteiger partial charge is 0.329 e. The van der Waals surface area contributed by atoms with Gasteiger partial charge < -0.3 is 5.73 Å². The summed E-state index contributed by atoms with van der Waals surface area (Å²) in [5.41, 5.74) is 6.86. The van der Waals surface area contributed by atoms with E-state index < -0.39 is 0 Å². The molecule has 0 aliphatic rings. The van der Waals surface area contributed by atoms with Gasteiger partial charge in [-0.25, -0.2) is 0 Å². The second-order valence-electron chi connectivity index (χ2n) is 2.90. The molecule has 1 heterocycles. The molecule has 0 aliphatic carbocycles. The Bertz CT molecular complexity index is 274. The van der Waals surface area contributed by atoms with E-state index in [1.807, 2.05) is 12.3 Å². The number of nitrogens with one attached hydrogen (secondary N) is 1. The summed E-state index contributed by atoms with van der Waals surface area (Å²) in [5.74, 6) is 2.63. The standard InChI is InChI=1S/C10H14N2S/c1-3-8(2)12-10(6-11)9-4-5-13-7-9/h1,4-5,7-8,10,12H,6,11H2,2H3. The van der Waals surface area contributed by atoms with Crippen LogP contribution in [-0.2, 0) is 0 Å². The predicted molar refractivity (Wildman–Crippen MR) is 57.5 cm³/mol. The Morgan fingerprint density at radius 2 is 2.54 bits per heavy atom. The molecule has 0 aromatic carbocycles. The smallest absolute Gasteiger partial charge is 0.0663 e. The lowest BCUT2D eigenvalue weighted by Gasteiger charge is -2.17. The van der Waals surface area contributed by atoms with Crippen molar-refractivity contribution in [1.29, 1.82) is 0 Å². The lowest BCUT2D eigenvalue weighted by atomic mass is 10.1. The number of thiophene rings is 1. The van der Waals surface area contributed by atoms with E-state index in [9.17, 15) is 0 Å². The molecule has 0 fully saturated rings. The van der Waals surface area contributed by atoms with E-state index in [0.717, 1.165) is 0 Å². The summed E-state index contributed by atoms with van der Waals surface area (Å²) in [6, 6.07) is 2.31. The van der Waals surface area contributed by atoms with Gasteiger partial charge in [-0.2, -0.15) is 11.3 Å². The summed E-state index contributed by atoms with van der Waals surface area (Å²) in [6.07, 6.45) is 5.28. The van der Waals surface area contributed by atoms with Gasteiger partial charge in [0, 0.05) is 12.6 Å². The number of terminal acetylenes is 1. The molecule has 0 radical (unpaired) electrons. The maximum atomic E-state index is 5.64. The van der Waals surface area contributed by atoms with E-state index in [2.05, 4.69) is 22.7 Å². The van der Waals surface area contributed by atoms with Crippen LogP contribution < -0.4 is 11.1 Å². The summed E-state index contributed by atoms with van der Waals surface area (Å²) in [7, 11) is 0. The van der Waals surface area contributed by atoms with E-state index in [1.54, 1.807) is 11.3 Å². The van der Waals surface area contributed by atoms with Crippen molar-refractivity contribution in [2.75, 3.05) is 6.54 Å². The second-order valence-corrected chi connectivity index (χ2v) is 3.68. The second kappa shape index (κ2) is 5.03. The molecule has 13 heavy (non-hydrogen) atoms. The fourth-order valence-corrected chi connectivity index (χ4v) is 1.84. The van der Waals surface area contributed by atoms with Crippen molar-refractivity contribution in [3.8, 4) is 12.3 Å². The van der Waals surface area contributed by atoms with Crippen molar-refractivity contribution in [2.45, 2.75) is 19.0 Å². The molecule has 0 amide bonds. The van der Waals surface area contributed by atoms with Crippen LogP contribution in [0.4, 0.5) is 0 Å². The molecule has 1 aromatic heterocycles. The zero-order valence-corrected chi connectivity index (χ0v) is 8.47. The summed E-state index contributed by atoms with van der Waals surface area (Å²) in [6.45, 7) is 2.53. The average molecular weight is 194 g/mol. The summed E-state index contributed by atoms with van der Waals surface area (Å²) in [5, 5.41) is 7.40. The number of hydrogen-bond acceptors (Lipinski definition) is 3. The Balaban J connectivity index is 2.60. The van der Waals surface area contributed by atoms with Gasteiger partial charge in [0.1, 0.15) is 0 Å². The minimum atomic E-state index is 0.0634. The molecule has 3 N–H and O–H groups in total. The molecule has 2 atom stereocenters. The first kappa shape index (κ1) is 10.3. The van der Waals surface area contributed by atoms with Crippen LogP contribution in [-0.4, -0.2) is 12.6 Å². The van der Waals surface area contributed by atoms with Gasteiger partial charge in [0.2, 0.25) is 0 Å². The van der Waals surface area contributed by atoms with Gasteiger partial charge in [-0.3, -0.25) is 5.32 Å². The molecular weight excluding hydrogens is 180 g/mol. The van der Waals surface area contributed by atoms with Crippen molar-refractivity contribution in [1.82, 2.24) is 5.32 Å². The lowest BCUT2D eigenvalue weighted by molar-refractivity contribution is 0.519. The normalized spacial score (nSPS) is 14.8. The molecule has 1 rings (SSSR count). The van der Waals surface area contributed by atoms with E-state index in [0.29, 0.717) is 6.54 Å². The molecule has 2 unspecified atom stereocenters. The van der Waals surface area contributed by atoms with Crippen LogP contribution in [0, 0.1) is 12.3 Å². The highest BCUT2D eigenvalue weighted by Crippen LogP contribution is 2.15. The van der Waals surface area contributed by atoms with Crippen molar-refractivity contribution < 1.29 is 0 Å². The van der Waals surface area contributed by atoms with Crippen LogP contribution in [0.3, 0.4) is 0 Å². The SMILES string of the molecule is C#CC(C)NC(CN)c1ccsc1. The maximum Gasteiger partial charge on any atom is 0.0663 e. The molecule has 0 saturated carbocycles. The molecule has 2 nitrogen and oxygen atoms in total. The average Bonchev–Trinajstić information content (AvgIpc) is 2.66. The van der Waals surface area contributed by atoms with Crippen LogP contribution in [0.1, 0.15) is 18.5 Å². The van der Waals surface area contributed by atoms with E-state index in [4.69, 9.17) is 12.2 Å². The van der Waals surface area contributed by atoms with Gasteiger partial charge in [0.15, 0.2) is 0 Å². The van der Waals surface area contributed by atoms with E-state index in [1.165, 1.54) is 5.56 Å². The van der Waals surface area contributed by atoms with Crippen LogP contribution in [0.5, 0.6) is 0 Å². The Hall–Kier alpha value is -0.820. The Labute approximate surface area is 83.2 Å². The summed E-state index contributed by atoms with van der Waals surface area (Å²) < 4.78 is 0. The van der Waals surface area contributed by atoms with Gasteiger partial charge in [-0.15, -0.1) is 6.42 Å². The monoisotopic (exact) mass is 194 g/mol. The van der Waals surface area contributed by atoms with Gasteiger partial charge in [0.25, 0.3) is 0 Å². The molecule has 0 saturated heterocycles. The highest BCUT2D eigenvalue weighted by atomic mass is 32.1. The van der Waals surface area contributed by atoms with Crippen molar-refractivity contribution in [3.05, 3.63) is 22.4 Å². The summed E-state index contributed by atoms with van der Waals surface area (Å²) in [4.78, 5) is 0. The van der Waals surface area contributed by atoms with E-state index >= 15 is 0 Å². The highest BCUT2D eigenvalue weighted by molar-refractivity contribution is 7.07. The highest BCUT2D eigenvalue weighted by Gasteiger charge is 2.10. The van der Waals surface area contributed by atoms with Gasteiger partial charge in [0.05, 0.1) is 6.04 Å². The van der Waals surface area contributed by atoms with Crippen LogP contribution in [0.2, 0.25) is 0 Å². The summed E-state index contributed by atoms with van der Waals surface area (Å²) >= 11 is 1.67. The Kier molecular flexibility index (Phi) is 3.97. The first-order valence-corrected chi connectivity index (χ1v) is 5.16. The minimum Gasteiger partial charge on any atom is -0.329 e. The zero-order chi connectivity index (χ0) is 9.68. The third kappa shape index (κ3) is 2.85. The third-order valence-corrected chi connectivity index (χ3v) is 2.58. The fourth-order valence-electron chi connectivity index (χ4n) is 1.12. The molecule has 1 aromatic rings. The zero-order valence-electron chi connectivity index (χ0n) is 7.66. The number of nitrogens with two attached hydrogens (primary N) is 1. The van der Waals surface area contributed by atoms with Gasteiger partial charge in [-0.1, -0.05) is 5.92 Å². The van der Waals surface area contributed by atoms with E-state index in [-0.39, 0.29) is 12.1 Å². The first-order chi connectivity index (χ1) is 6.27. The van der Waals surface area contributed by atoms with Crippen molar-refractivity contribution in [2.24, 2.45) is 5.73 Å². The molecule has 0 aliphatic heterocycles.